The number of carbonyl (C=O) groups is 4. The van der Waals surface area contributed by atoms with E-state index in [1.54, 1.807) is 39.5 Å². The van der Waals surface area contributed by atoms with Gasteiger partial charge < -0.3 is 25.4 Å². The lowest BCUT2D eigenvalue weighted by Gasteiger charge is -2.42. The molecule has 9 heteroatoms. The van der Waals surface area contributed by atoms with Gasteiger partial charge in [0.1, 0.15) is 17.7 Å². The smallest absolute Gasteiger partial charge is 0.410 e. The van der Waals surface area contributed by atoms with Crippen molar-refractivity contribution in [1.29, 1.82) is 0 Å². The lowest BCUT2D eigenvalue weighted by Crippen LogP contribution is -2.59. The average molecular weight is 476 g/mol. The van der Waals surface area contributed by atoms with Crippen molar-refractivity contribution < 1.29 is 29.0 Å². The number of carboxylic acid groups (broad SMARTS) is 1. The number of amides is 3. The van der Waals surface area contributed by atoms with Crippen LogP contribution < -0.4 is 10.6 Å². The SMILES string of the molecule is CC(C)[C@@H](NC(=O)C1(c2ccccc2)CCN(C(=O)OC(C)(C)C)CC1)C(=O)N[C@H](C)C(=O)O. The third-order valence-electron chi connectivity index (χ3n) is 5.99. The summed E-state index contributed by atoms with van der Waals surface area (Å²) < 4.78 is 5.48. The Hall–Kier alpha value is -3.10. The number of carbonyl (C=O) groups excluding carboxylic acids is 3. The molecule has 1 heterocycles. The maximum atomic E-state index is 13.7. The molecule has 3 amide bonds. The molecule has 1 aliphatic heterocycles. The molecule has 2 rings (SSSR count). The van der Waals surface area contributed by atoms with Crippen molar-refractivity contribution in [2.45, 2.75) is 77.5 Å². The van der Waals surface area contributed by atoms with Crippen molar-refractivity contribution >= 4 is 23.9 Å². The van der Waals surface area contributed by atoms with E-state index >= 15 is 0 Å². The van der Waals surface area contributed by atoms with Crippen LogP contribution in [0.3, 0.4) is 0 Å². The topological polar surface area (TPSA) is 125 Å². The Bertz CT molecular complexity index is 886. The van der Waals surface area contributed by atoms with Gasteiger partial charge >= 0.3 is 12.1 Å². The van der Waals surface area contributed by atoms with Crippen molar-refractivity contribution in [2.24, 2.45) is 5.92 Å². The molecule has 1 aromatic rings. The van der Waals surface area contributed by atoms with Gasteiger partial charge in [-0.3, -0.25) is 14.4 Å². The molecule has 0 bridgehead atoms. The minimum Gasteiger partial charge on any atom is -0.480 e. The first kappa shape index (κ1) is 27.1. The molecule has 0 radical (unpaired) electrons. The largest absolute Gasteiger partial charge is 0.480 e. The van der Waals surface area contributed by atoms with E-state index in [9.17, 15) is 19.2 Å². The number of piperidine rings is 1. The third kappa shape index (κ3) is 6.71. The van der Waals surface area contributed by atoms with Crippen molar-refractivity contribution in [3.63, 3.8) is 0 Å². The molecule has 1 fully saturated rings. The van der Waals surface area contributed by atoms with Gasteiger partial charge in [0, 0.05) is 13.1 Å². The number of likely N-dealkylation sites (tertiary alicyclic amines) is 1. The predicted molar refractivity (Wildman–Crippen MR) is 127 cm³/mol. The van der Waals surface area contributed by atoms with Crippen LogP contribution in [0.4, 0.5) is 4.79 Å². The van der Waals surface area contributed by atoms with E-state index in [-0.39, 0.29) is 11.8 Å². The fourth-order valence-electron chi connectivity index (χ4n) is 3.98. The van der Waals surface area contributed by atoms with Crippen LogP contribution >= 0.6 is 0 Å². The van der Waals surface area contributed by atoms with E-state index in [2.05, 4.69) is 10.6 Å². The number of aliphatic carboxylic acids is 1. The lowest BCUT2D eigenvalue weighted by atomic mass is 9.71. The number of ether oxygens (including phenoxy) is 1. The second-order valence-electron chi connectivity index (χ2n) is 10.2. The van der Waals surface area contributed by atoms with Crippen molar-refractivity contribution in [3.05, 3.63) is 35.9 Å². The monoisotopic (exact) mass is 475 g/mol. The number of benzene rings is 1. The molecule has 1 aliphatic rings. The molecule has 0 aromatic heterocycles. The van der Waals surface area contributed by atoms with Crippen LogP contribution in [-0.4, -0.2) is 64.7 Å². The van der Waals surface area contributed by atoms with Crippen LogP contribution in [0.1, 0.15) is 59.9 Å². The van der Waals surface area contributed by atoms with Crippen LogP contribution in [0.2, 0.25) is 0 Å². The van der Waals surface area contributed by atoms with Crippen molar-refractivity contribution in [2.75, 3.05) is 13.1 Å². The molecule has 1 aromatic carbocycles. The Morgan fingerprint density at radius 3 is 2.03 bits per heavy atom. The Morgan fingerprint density at radius 2 is 1.56 bits per heavy atom. The summed E-state index contributed by atoms with van der Waals surface area (Å²) in [7, 11) is 0. The fraction of sp³-hybridized carbons (Fsp3) is 0.600. The first-order valence-electron chi connectivity index (χ1n) is 11.6. The number of rotatable bonds is 7. The van der Waals surface area contributed by atoms with Gasteiger partial charge in [0.05, 0.1) is 5.41 Å². The number of hydrogen-bond acceptors (Lipinski definition) is 5. The van der Waals surface area contributed by atoms with Gasteiger partial charge in [0.15, 0.2) is 0 Å². The second kappa shape index (κ2) is 10.9. The van der Waals surface area contributed by atoms with E-state index in [0.29, 0.717) is 25.9 Å². The van der Waals surface area contributed by atoms with Crippen LogP contribution in [-0.2, 0) is 24.5 Å². The van der Waals surface area contributed by atoms with Crippen LogP contribution in [0, 0.1) is 5.92 Å². The van der Waals surface area contributed by atoms with Gasteiger partial charge in [-0.1, -0.05) is 44.2 Å². The summed E-state index contributed by atoms with van der Waals surface area (Å²) in [6.07, 6.45) is 0.303. The molecule has 0 unspecified atom stereocenters. The molecule has 9 nitrogen and oxygen atoms in total. The number of nitrogens with one attached hydrogen (secondary N) is 2. The van der Waals surface area contributed by atoms with Crippen LogP contribution in [0.25, 0.3) is 0 Å². The quantitative estimate of drug-likeness (QED) is 0.557. The van der Waals surface area contributed by atoms with Crippen molar-refractivity contribution in [3.8, 4) is 0 Å². The fourth-order valence-corrected chi connectivity index (χ4v) is 3.98. The zero-order valence-corrected chi connectivity index (χ0v) is 20.9. The summed E-state index contributed by atoms with van der Waals surface area (Å²) >= 11 is 0. The summed E-state index contributed by atoms with van der Waals surface area (Å²) in [5.74, 6) is -2.29. The Morgan fingerprint density at radius 1 is 1.00 bits per heavy atom. The van der Waals surface area contributed by atoms with E-state index in [1.165, 1.54) is 6.92 Å². The van der Waals surface area contributed by atoms with Gasteiger partial charge in [-0.05, 0) is 52.0 Å². The van der Waals surface area contributed by atoms with Gasteiger partial charge in [-0.25, -0.2) is 4.79 Å². The molecule has 1 saturated heterocycles. The molecule has 2 atom stereocenters. The van der Waals surface area contributed by atoms with E-state index in [0.717, 1.165) is 5.56 Å². The first-order valence-corrected chi connectivity index (χ1v) is 11.6. The summed E-state index contributed by atoms with van der Waals surface area (Å²) in [6, 6.07) is 7.34. The molecular weight excluding hydrogens is 438 g/mol. The predicted octanol–water partition coefficient (Wildman–Crippen LogP) is 2.69. The second-order valence-corrected chi connectivity index (χ2v) is 10.2. The maximum Gasteiger partial charge on any atom is 0.410 e. The molecule has 0 aliphatic carbocycles. The number of hydrogen-bond donors (Lipinski definition) is 3. The lowest BCUT2D eigenvalue weighted by molar-refractivity contribution is -0.142. The highest BCUT2D eigenvalue weighted by Gasteiger charge is 2.45. The standard InChI is InChI=1S/C25H37N3O6/c1-16(2)19(20(29)26-17(3)21(30)31)27-22(32)25(18-10-8-7-9-11-18)12-14-28(15-13-25)23(33)34-24(4,5)6/h7-11,16-17,19H,12-15H2,1-6H3,(H,26,29)(H,27,32)(H,30,31)/t17-,19-/m1/s1. The summed E-state index contributed by atoms with van der Waals surface area (Å²) in [5, 5.41) is 14.4. The van der Waals surface area contributed by atoms with Crippen LogP contribution in [0.15, 0.2) is 30.3 Å². The summed E-state index contributed by atoms with van der Waals surface area (Å²) in [4.78, 5) is 51.8. The molecule has 3 N–H and O–H groups in total. The molecule has 188 valence electrons. The molecule has 0 spiro atoms. The molecular formula is C25H37N3O6. The van der Waals surface area contributed by atoms with Gasteiger partial charge in [-0.2, -0.15) is 0 Å². The zero-order chi connectivity index (χ0) is 25.7. The Kier molecular flexibility index (Phi) is 8.69. The summed E-state index contributed by atoms with van der Waals surface area (Å²) in [6.45, 7) is 11.0. The van der Waals surface area contributed by atoms with Crippen molar-refractivity contribution in [1.82, 2.24) is 15.5 Å². The van der Waals surface area contributed by atoms with Crippen LogP contribution in [0.5, 0.6) is 0 Å². The molecule has 0 saturated carbocycles. The Labute approximate surface area is 201 Å². The minimum atomic E-state index is -1.16. The first-order chi connectivity index (χ1) is 15.8. The van der Waals surface area contributed by atoms with E-state index in [4.69, 9.17) is 9.84 Å². The average Bonchev–Trinajstić information content (AvgIpc) is 2.76. The Balaban J connectivity index is 2.26. The maximum absolute atomic E-state index is 13.7. The van der Waals surface area contributed by atoms with Gasteiger partial charge in [0.25, 0.3) is 0 Å². The third-order valence-corrected chi connectivity index (χ3v) is 5.99. The highest BCUT2D eigenvalue weighted by atomic mass is 16.6. The normalized spacial score (nSPS) is 17.4. The van der Waals surface area contributed by atoms with E-state index in [1.807, 2.05) is 30.3 Å². The van der Waals surface area contributed by atoms with Gasteiger partial charge in [-0.15, -0.1) is 0 Å². The summed E-state index contributed by atoms with van der Waals surface area (Å²) in [5.41, 5.74) is -0.753. The van der Waals surface area contributed by atoms with Gasteiger partial charge in [0.2, 0.25) is 11.8 Å². The number of nitrogens with zero attached hydrogens (tertiary/aromatic N) is 1. The zero-order valence-electron chi connectivity index (χ0n) is 20.9. The highest BCUT2D eigenvalue weighted by molar-refractivity contribution is 5.94. The molecule has 34 heavy (non-hydrogen) atoms. The minimum absolute atomic E-state index is 0.264. The number of carboxylic acids is 1. The van der Waals surface area contributed by atoms with E-state index < -0.39 is 41.1 Å². The highest BCUT2D eigenvalue weighted by Crippen LogP contribution is 2.36.